The zero-order chi connectivity index (χ0) is 12.0. The highest BCUT2D eigenvalue weighted by atomic mass is 32.1. The summed E-state index contributed by atoms with van der Waals surface area (Å²) in [7, 11) is 0. The third kappa shape index (κ3) is 4.26. The van der Waals surface area contributed by atoms with Gasteiger partial charge in [-0.1, -0.05) is 37.5 Å². The van der Waals surface area contributed by atoms with Gasteiger partial charge in [0, 0.05) is 6.92 Å². The summed E-state index contributed by atoms with van der Waals surface area (Å²) in [5.74, 6) is -0.00523. The largest absolute Gasteiger partial charge is 0.347 e. The molecule has 4 nitrogen and oxygen atoms in total. The fourth-order valence-corrected chi connectivity index (χ4v) is 2.34. The molecule has 0 unspecified atom stereocenters. The number of rotatable bonds is 6. The number of aryl methyl sites for hydroxylation is 1. The van der Waals surface area contributed by atoms with E-state index in [0.717, 1.165) is 22.9 Å². The van der Waals surface area contributed by atoms with Gasteiger partial charge in [-0.15, -0.1) is 10.2 Å². The number of amides is 1. The number of nitrogens with zero attached hydrogens (tertiary/aromatic N) is 2. The molecule has 0 radical (unpaired) electrons. The van der Waals surface area contributed by atoms with E-state index in [1.165, 1.54) is 12.8 Å². The minimum atomic E-state index is -0.00523. The van der Waals surface area contributed by atoms with Crippen LogP contribution in [0, 0.1) is 6.92 Å². The maximum atomic E-state index is 11.1. The first-order chi connectivity index (χ1) is 7.63. The van der Waals surface area contributed by atoms with E-state index in [2.05, 4.69) is 22.4 Å². The van der Waals surface area contributed by atoms with Crippen molar-refractivity contribution in [1.82, 2.24) is 15.5 Å². The van der Waals surface area contributed by atoms with Crippen molar-refractivity contribution < 1.29 is 4.79 Å². The molecular weight excluding hydrogens is 222 g/mol. The van der Waals surface area contributed by atoms with Gasteiger partial charge in [0.15, 0.2) is 0 Å². The normalized spacial score (nSPS) is 12.4. The number of aromatic nitrogens is 2. The Morgan fingerprint density at radius 2 is 2.19 bits per heavy atom. The van der Waals surface area contributed by atoms with Gasteiger partial charge in [0.25, 0.3) is 0 Å². The third-order valence-electron chi connectivity index (χ3n) is 2.31. The number of hydrogen-bond acceptors (Lipinski definition) is 4. The standard InChI is InChI=1S/C11H19N3OS/c1-4-5-6-7-10(12-8(2)15)11-14-13-9(3)16-11/h10H,4-7H2,1-3H3,(H,12,15)/t10-/m0/s1. The maximum Gasteiger partial charge on any atom is 0.217 e. The molecule has 0 aromatic carbocycles. The SMILES string of the molecule is CCCCC[C@H](NC(C)=O)c1nnc(C)s1. The minimum absolute atomic E-state index is 0.00523. The van der Waals surface area contributed by atoms with Gasteiger partial charge >= 0.3 is 0 Å². The summed E-state index contributed by atoms with van der Waals surface area (Å²) in [5.41, 5.74) is 0. The topological polar surface area (TPSA) is 54.9 Å². The van der Waals surface area contributed by atoms with Crippen molar-refractivity contribution in [2.24, 2.45) is 0 Å². The monoisotopic (exact) mass is 241 g/mol. The molecule has 16 heavy (non-hydrogen) atoms. The first-order valence-electron chi connectivity index (χ1n) is 5.70. The smallest absolute Gasteiger partial charge is 0.217 e. The molecule has 1 aromatic rings. The molecule has 1 heterocycles. The quantitative estimate of drug-likeness (QED) is 0.779. The van der Waals surface area contributed by atoms with Gasteiger partial charge in [-0.3, -0.25) is 4.79 Å². The Labute approximate surface area is 100 Å². The van der Waals surface area contributed by atoms with Crippen molar-refractivity contribution in [2.75, 3.05) is 0 Å². The number of unbranched alkanes of at least 4 members (excludes halogenated alkanes) is 2. The molecule has 0 bridgehead atoms. The van der Waals surface area contributed by atoms with Crippen molar-refractivity contribution >= 4 is 17.2 Å². The lowest BCUT2D eigenvalue weighted by Gasteiger charge is -2.14. The summed E-state index contributed by atoms with van der Waals surface area (Å²) in [6.07, 6.45) is 4.43. The van der Waals surface area contributed by atoms with Crippen LogP contribution in [0.4, 0.5) is 0 Å². The van der Waals surface area contributed by atoms with Gasteiger partial charge in [-0.2, -0.15) is 0 Å². The molecule has 1 amide bonds. The van der Waals surface area contributed by atoms with Crippen LogP contribution < -0.4 is 5.32 Å². The molecule has 0 aliphatic carbocycles. The summed E-state index contributed by atoms with van der Waals surface area (Å²) in [6, 6.07) is 0.0373. The van der Waals surface area contributed by atoms with Gasteiger partial charge in [-0.05, 0) is 13.3 Å². The van der Waals surface area contributed by atoms with Crippen molar-refractivity contribution in [3.63, 3.8) is 0 Å². The van der Waals surface area contributed by atoms with Gasteiger partial charge in [0.1, 0.15) is 10.0 Å². The molecule has 1 aromatic heterocycles. The first kappa shape index (κ1) is 13.1. The average molecular weight is 241 g/mol. The first-order valence-corrected chi connectivity index (χ1v) is 6.52. The van der Waals surface area contributed by atoms with E-state index in [1.54, 1.807) is 18.3 Å². The van der Waals surface area contributed by atoms with Crippen LogP contribution in [0.1, 0.15) is 55.6 Å². The van der Waals surface area contributed by atoms with E-state index in [1.807, 2.05) is 6.92 Å². The average Bonchev–Trinajstić information content (AvgIpc) is 2.63. The zero-order valence-electron chi connectivity index (χ0n) is 10.1. The Morgan fingerprint density at radius 1 is 1.44 bits per heavy atom. The third-order valence-corrected chi connectivity index (χ3v) is 3.27. The van der Waals surface area contributed by atoms with Crippen molar-refractivity contribution in [3.05, 3.63) is 10.0 Å². The lowest BCUT2D eigenvalue weighted by molar-refractivity contribution is -0.119. The second kappa shape index (κ2) is 6.58. The molecule has 1 atom stereocenters. The highest BCUT2D eigenvalue weighted by Gasteiger charge is 2.16. The number of hydrogen-bond donors (Lipinski definition) is 1. The van der Waals surface area contributed by atoms with Gasteiger partial charge in [-0.25, -0.2) is 0 Å². The number of carbonyl (C=O) groups excluding carboxylic acids is 1. The fourth-order valence-electron chi connectivity index (χ4n) is 1.55. The Hall–Kier alpha value is -0.970. The molecule has 0 aliphatic rings. The van der Waals surface area contributed by atoms with Crippen LogP contribution in [0.15, 0.2) is 0 Å². The van der Waals surface area contributed by atoms with Gasteiger partial charge in [0.05, 0.1) is 6.04 Å². The molecule has 1 rings (SSSR count). The Morgan fingerprint density at radius 3 is 2.69 bits per heavy atom. The van der Waals surface area contributed by atoms with E-state index in [0.29, 0.717) is 0 Å². The lowest BCUT2D eigenvalue weighted by Crippen LogP contribution is -2.25. The Bertz CT molecular complexity index is 338. The van der Waals surface area contributed by atoms with E-state index in [9.17, 15) is 4.79 Å². The predicted octanol–water partition coefficient (Wildman–Crippen LogP) is 2.60. The Balaban J connectivity index is 2.59. The van der Waals surface area contributed by atoms with Crippen LogP contribution in [-0.4, -0.2) is 16.1 Å². The van der Waals surface area contributed by atoms with Gasteiger partial charge < -0.3 is 5.32 Å². The van der Waals surface area contributed by atoms with Gasteiger partial charge in [0.2, 0.25) is 5.91 Å². The van der Waals surface area contributed by atoms with Crippen molar-refractivity contribution in [2.45, 2.75) is 52.5 Å². The Kier molecular flexibility index (Phi) is 5.38. The van der Waals surface area contributed by atoms with Crippen LogP contribution in [0.25, 0.3) is 0 Å². The lowest BCUT2D eigenvalue weighted by atomic mass is 10.1. The second-order valence-corrected chi connectivity index (χ2v) is 5.12. The zero-order valence-corrected chi connectivity index (χ0v) is 10.9. The van der Waals surface area contributed by atoms with Crippen LogP contribution in [-0.2, 0) is 4.79 Å². The minimum Gasteiger partial charge on any atom is -0.347 e. The van der Waals surface area contributed by atoms with E-state index >= 15 is 0 Å². The molecule has 5 heteroatoms. The maximum absolute atomic E-state index is 11.1. The summed E-state index contributed by atoms with van der Waals surface area (Å²) < 4.78 is 0. The molecule has 0 aliphatic heterocycles. The van der Waals surface area contributed by atoms with E-state index in [4.69, 9.17) is 0 Å². The van der Waals surface area contributed by atoms with Crippen LogP contribution in [0.3, 0.4) is 0 Å². The number of carbonyl (C=O) groups is 1. The molecular formula is C11H19N3OS. The highest BCUT2D eigenvalue weighted by Crippen LogP contribution is 2.22. The summed E-state index contributed by atoms with van der Waals surface area (Å²) in [4.78, 5) is 11.1. The molecule has 1 N–H and O–H groups in total. The summed E-state index contributed by atoms with van der Waals surface area (Å²) >= 11 is 1.56. The van der Waals surface area contributed by atoms with Crippen LogP contribution in [0.2, 0.25) is 0 Å². The molecule has 90 valence electrons. The summed E-state index contributed by atoms with van der Waals surface area (Å²) in [5, 5.41) is 12.9. The fraction of sp³-hybridized carbons (Fsp3) is 0.727. The predicted molar refractivity (Wildman–Crippen MR) is 65.3 cm³/mol. The summed E-state index contributed by atoms with van der Waals surface area (Å²) in [6.45, 7) is 5.64. The van der Waals surface area contributed by atoms with Crippen molar-refractivity contribution in [1.29, 1.82) is 0 Å². The highest BCUT2D eigenvalue weighted by molar-refractivity contribution is 7.11. The van der Waals surface area contributed by atoms with Crippen LogP contribution >= 0.6 is 11.3 Å². The van der Waals surface area contributed by atoms with E-state index in [-0.39, 0.29) is 11.9 Å². The molecule has 0 spiro atoms. The second-order valence-electron chi connectivity index (χ2n) is 3.91. The number of nitrogens with one attached hydrogen (secondary N) is 1. The molecule has 0 saturated carbocycles. The van der Waals surface area contributed by atoms with Crippen LogP contribution in [0.5, 0.6) is 0 Å². The molecule has 0 saturated heterocycles. The van der Waals surface area contributed by atoms with Crippen molar-refractivity contribution in [3.8, 4) is 0 Å². The van der Waals surface area contributed by atoms with E-state index < -0.39 is 0 Å². The molecule has 0 fully saturated rings.